The molecule has 1 aliphatic rings. The number of ether oxygens (including phenoxy) is 2. The first-order chi connectivity index (χ1) is 12.6. The molecule has 0 radical (unpaired) electrons. The van der Waals surface area contributed by atoms with Crippen LogP contribution in [0.4, 0.5) is 5.69 Å². The Hall–Kier alpha value is -3.02. The topological polar surface area (TPSA) is 67.9 Å². The molecule has 26 heavy (non-hydrogen) atoms. The predicted molar refractivity (Wildman–Crippen MR) is 98.6 cm³/mol. The summed E-state index contributed by atoms with van der Waals surface area (Å²) in [6.45, 7) is 2.12. The number of benzene rings is 2. The molecule has 1 N–H and O–H groups in total. The first-order valence-corrected chi connectivity index (χ1v) is 8.61. The normalized spacial score (nSPS) is 15.6. The number of rotatable bonds is 5. The Morgan fingerprint density at radius 1 is 1.19 bits per heavy atom. The van der Waals surface area contributed by atoms with Crippen LogP contribution in [0.5, 0.6) is 11.5 Å². The Labute approximate surface area is 152 Å². The van der Waals surface area contributed by atoms with Crippen LogP contribution in [0.2, 0.25) is 0 Å². The van der Waals surface area contributed by atoms with E-state index in [-0.39, 0.29) is 25.0 Å². The smallest absolute Gasteiger partial charge is 0.265 e. The Morgan fingerprint density at radius 2 is 1.92 bits per heavy atom. The minimum atomic E-state index is -0.748. The molecular formula is C20H22N2O4. The second kappa shape index (κ2) is 7.91. The third kappa shape index (κ3) is 3.79. The average molecular weight is 354 g/mol. The molecule has 6 heteroatoms. The first kappa shape index (κ1) is 17.8. The number of carbonyl (C=O) groups is 2. The summed E-state index contributed by atoms with van der Waals surface area (Å²) in [5.41, 5.74) is 1.85. The lowest BCUT2D eigenvalue weighted by molar-refractivity contribution is -0.128. The maximum atomic E-state index is 12.7. The Kier molecular flexibility index (Phi) is 5.41. The summed E-state index contributed by atoms with van der Waals surface area (Å²) in [6, 6.07) is 14.8. The van der Waals surface area contributed by atoms with Gasteiger partial charge in [-0.25, -0.2) is 0 Å². The van der Waals surface area contributed by atoms with Gasteiger partial charge in [-0.2, -0.15) is 0 Å². The van der Waals surface area contributed by atoms with Gasteiger partial charge in [-0.3, -0.25) is 9.59 Å². The van der Waals surface area contributed by atoms with Gasteiger partial charge in [-0.1, -0.05) is 31.2 Å². The summed E-state index contributed by atoms with van der Waals surface area (Å²) in [5.74, 6) is 0.649. The lowest BCUT2D eigenvalue weighted by Crippen LogP contribution is -2.51. The molecule has 6 nitrogen and oxygen atoms in total. The Morgan fingerprint density at radius 3 is 2.62 bits per heavy atom. The molecule has 0 saturated heterocycles. The second-order valence-corrected chi connectivity index (χ2v) is 5.98. The van der Waals surface area contributed by atoms with E-state index < -0.39 is 6.10 Å². The molecule has 136 valence electrons. The largest absolute Gasteiger partial charge is 0.484 e. The van der Waals surface area contributed by atoms with E-state index in [1.165, 1.54) is 5.56 Å². The van der Waals surface area contributed by atoms with Gasteiger partial charge < -0.3 is 19.7 Å². The molecule has 1 atom stereocenters. The fraction of sp³-hybridized carbons (Fsp3) is 0.300. The van der Waals surface area contributed by atoms with Crippen molar-refractivity contribution in [1.29, 1.82) is 0 Å². The molecule has 0 spiro atoms. The van der Waals surface area contributed by atoms with Crippen LogP contribution in [-0.2, 0) is 16.0 Å². The summed E-state index contributed by atoms with van der Waals surface area (Å²) in [6.07, 6.45) is 0.202. The number of amides is 2. The molecule has 0 unspecified atom stereocenters. The van der Waals surface area contributed by atoms with Gasteiger partial charge in [-0.05, 0) is 36.2 Å². The molecule has 3 rings (SSSR count). The molecule has 0 aliphatic carbocycles. The van der Waals surface area contributed by atoms with Gasteiger partial charge in [0.05, 0.1) is 12.2 Å². The number of hydrogen-bond donors (Lipinski definition) is 1. The van der Waals surface area contributed by atoms with E-state index in [2.05, 4.69) is 12.2 Å². The molecule has 1 heterocycles. The van der Waals surface area contributed by atoms with E-state index >= 15 is 0 Å². The van der Waals surface area contributed by atoms with E-state index in [1.807, 2.05) is 30.3 Å². The zero-order valence-electron chi connectivity index (χ0n) is 14.9. The molecule has 1 aliphatic heterocycles. The molecular weight excluding hydrogens is 332 g/mol. The summed E-state index contributed by atoms with van der Waals surface area (Å²) in [4.78, 5) is 26.2. The molecule has 2 amide bonds. The van der Waals surface area contributed by atoms with Gasteiger partial charge in [-0.15, -0.1) is 0 Å². The predicted octanol–water partition coefficient (Wildman–Crippen LogP) is 2.17. The summed E-state index contributed by atoms with van der Waals surface area (Å²) in [5, 5.41) is 2.56. The number of likely N-dealkylation sites (N-methyl/N-ethyl adjacent to an activating group) is 1. The van der Waals surface area contributed by atoms with Crippen molar-refractivity contribution >= 4 is 17.5 Å². The van der Waals surface area contributed by atoms with Crippen LogP contribution >= 0.6 is 0 Å². The average Bonchev–Trinajstić information content (AvgIpc) is 2.70. The van der Waals surface area contributed by atoms with Crippen LogP contribution in [-0.4, -0.2) is 38.1 Å². The highest BCUT2D eigenvalue weighted by molar-refractivity contribution is 5.98. The van der Waals surface area contributed by atoms with Gasteiger partial charge in [0, 0.05) is 7.05 Å². The summed E-state index contributed by atoms with van der Waals surface area (Å²) >= 11 is 0. The third-order valence-electron chi connectivity index (χ3n) is 4.31. The van der Waals surface area contributed by atoms with Crippen molar-refractivity contribution in [1.82, 2.24) is 5.32 Å². The van der Waals surface area contributed by atoms with Gasteiger partial charge in [0.1, 0.15) is 11.5 Å². The highest BCUT2D eigenvalue weighted by Gasteiger charge is 2.33. The van der Waals surface area contributed by atoms with Gasteiger partial charge in [0.25, 0.3) is 11.8 Å². The number of aryl methyl sites for hydroxylation is 1. The van der Waals surface area contributed by atoms with Crippen molar-refractivity contribution < 1.29 is 19.1 Å². The molecule has 0 aromatic heterocycles. The fourth-order valence-corrected chi connectivity index (χ4v) is 2.81. The van der Waals surface area contributed by atoms with Gasteiger partial charge >= 0.3 is 0 Å². The van der Waals surface area contributed by atoms with Crippen LogP contribution < -0.4 is 19.7 Å². The summed E-state index contributed by atoms with van der Waals surface area (Å²) in [7, 11) is 1.54. The van der Waals surface area contributed by atoms with E-state index in [4.69, 9.17) is 9.47 Å². The molecule has 0 fully saturated rings. The zero-order chi connectivity index (χ0) is 18.5. The van der Waals surface area contributed by atoms with E-state index in [0.717, 1.165) is 6.42 Å². The number of fused-ring (bicyclic) bond motifs is 1. The Bertz CT molecular complexity index is 789. The van der Waals surface area contributed by atoms with Crippen LogP contribution in [0, 0.1) is 0 Å². The number of hydrogen-bond acceptors (Lipinski definition) is 4. The van der Waals surface area contributed by atoms with Crippen LogP contribution in [0.25, 0.3) is 0 Å². The van der Waals surface area contributed by atoms with Crippen LogP contribution in [0.1, 0.15) is 12.5 Å². The summed E-state index contributed by atoms with van der Waals surface area (Å²) < 4.78 is 11.3. The minimum Gasteiger partial charge on any atom is -0.484 e. The van der Waals surface area contributed by atoms with E-state index in [9.17, 15) is 9.59 Å². The van der Waals surface area contributed by atoms with Crippen molar-refractivity contribution in [2.45, 2.75) is 19.4 Å². The van der Waals surface area contributed by atoms with Gasteiger partial charge in [0.15, 0.2) is 12.7 Å². The highest BCUT2D eigenvalue weighted by atomic mass is 16.5. The van der Waals surface area contributed by atoms with Crippen LogP contribution in [0.3, 0.4) is 0 Å². The lowest BCUT2D eigenvalue weighted by Gasteiger charge is -2.33. The standard InChI is InChI=1S/C20H22N2O4/c1-3-14-8-10-15(11-9-14)25-13-19(23)22-12-18(20(24)21-2)26-17-7-5-4-6-16(17)22/h4-11,18H,3,12-13H2,1-2H3,(H,21,24)/t18-/m0/s1. The lowest BCUT2D eigenvalue weighted by atomic mass is 10.1. The Balaban J connectivity index is 1.73. The van der Waals surface area contributed by atoms with Crippen molar-refractivity contribution in [3.63, 3.8) is 0 Å². The van der Waals surface area contributed by atoms with E-state index in [0.29, 0.717) is 17.2 Å². The molecule has 2 aromatic rings. The van der Waals surface area contributed by atoms with Crippen molar-refractivity contribution in [3.05, 3.63) is 54.1 Å². The van der Waals surface area contributed by atoms with Gasteiger partial charge in [0.2, 0.25) is 0 Å². The number of nitrogens with one attached hydrogen (secondary N) is 1. The SMILES string of the molecule is CCc1ccc(OCC(=O)N2C[C@@H](C(=O)NC)Oc3ccccc32)cc1. The third-order valence-corrected chi connectivity index (χ3v) is 4.31. The molecule has 0 bridgehead atoms. The molecule has 0 saturated carbocycles. The minimum absolute atomic E-state index is 0.111. The molecule has 2 aromatic carbocycles. The number of nitrogens with zero attached hydrogens (tertiary/aromatic N) is 1. The highest BCUT2D eigenvalue weighted by Crippen LogP contribution is 2.33. The number of carbonyl (C=O) groups excluding carboxylic acids is 2. The second-order valence-electron chi connectivity index (χ2n) is 5.98. The fourth-order valence-electron chi connectivity index (χ4n) is 2.81. The quantitative estimate of drug-likeness (QED) is 0.894. The van der Waals surface area contributed by atoms with E-state index in [1.54, 1.807) is 30.1 Å². The monoisotopic (exact) mass is 354 g/mol. The van der Waals surface area contributed by atoms with Crippen molar-refractivity contribution in [2.75, 3.05) is 25.1 Å². The first-order valence-electron chi connectivity index (χ1n) is 8.61. The maximum absolute atomic E-state index is 12.7. The maximum Gasteiger partial charge on any atom is 0.265 e. The number of para-hydroxylation sites is 2. The zero-order valence-corrected chi connectivity index (χ0v) is 14.9. The van der Waals surface area contributed by atoms with Crippen molar-refractivity contribution in [3.8, 4) is 11.5 Å². The van der Waals surface area contributed by atoms with Crippen molar-refractivity contribution in [2.24, 2.45) is 0 Å². The number of anilines is 1. The van der Waals surface area contributed by atoms with Crippen LogP contribution in [0.15, 0.2) is 48.5 Å².